The molecule has 1 heterocycles. The lowest BCUT2D eigenvalue weighted by Gasteiger charge is -2.04. The Kier molecular flexibility index (Phi) is 4.27. The predicted molar refractivity (Wildman–Crippen MR) is 76.0 cm³/mol. The third-order valence-electron chi connectivity index (χ3n) is 2.70. The smallest absolute Gasteiger partial charge is 0.173 e. The van der Waals surface area contributed by atoms with Crippen molar-refractivity contribution in [3.05, 3.63) is 41.6 Å². The van der Waals surface area contributed by atoms with E-state index in [9.17, 15) is 4.79 Å². The number of benzene rings is 1. The molecule has 1 aromatic carbocycles. The number of carbonyl (C=O) groups is 1. The number of ketones is 1. The van der Waals surface area contributed by atoms with Gasteiger partial charge < -0.3 is 4.74 Å². The summed E-state index contributed by atoms with van der Waals surface area (Å²) in [5, 5.41) is 5.25. The maximum Gasteiger partial charge on any atom is 0.173 e. The van der Waals surface area contributed by atoms with E-state index in [4.69, 9.17) is 4.74 Å². The molecular weight excluding hydrogens is 260 g/mol. The molecule has 5 heteroatoms. The molecule has 0 atom stereocenters. The van der Waals surface area contributed by atoms with Crippen molar-refractivity contribution in [2.75, 3.05) is 12.9 Å². The van der Waals surface area contributed by atoms with Crippen molar-refractivity contribution in [3.63, 3.8) is 0 Å². The van der Waals surface area contributed by atoms with Crippen LogP contribution in [0, 0.1) is 6.92 Å². The molecule has 0 aliphatic heterocycles. The summed E-state index contributed by atoms with van der Waals surface area (Å²) in [7, 11) is 3.47. The van der Waals surface area contributed by atoms with Crippen LogP contribution in [0.4, 0.5) is 0 Å². The molecule has 0 saturated carbocycles. The second-order valence-electron chi connectivity index (χ2n) is 4.19. The number of aromatic nitrogens is 2. The molecule has 2 rings (SSSR count). The molecule has 0 saturated heterocycles. The summed E-state index contributed by atoms with van der Waals surface area (Å²) >= 11 is 1.49. The minimum Gasteiger partial charge on any atom is -0.497 e. The average Bonchev–Trinajstić information content (AvgIpc) is 2.74. The molecule has 0 amide bonds. The third kappa shape index (κ3) is 3.38. The largest absolute Gasteiger partial charge is 0.497 e. The van der Waals surface area contributed by atoms with Gasteiger partial charge in [0.25, 0.3) is 0 Å². The summed E-state index contributed by atoms with van der Waals surface area (Å²) < 4.78 is 6.91. The number of ether oxygens (including phenoxy) is 1. The van der Waals surface area contributed by atoms with Crippen LogP contribution in [0.25, 0.3) is 0 Å². The lowest BCUT2D eigenvalue weighted by molar-refractivity contribution is 0.102. The Labute approximate surface area is 116 Å². The van der Waals surface area contributed by atoms with Crippen molar-refractivity contribution >= 4 is 17.5 Å². The van der Waals surface area contributed by atoms with E-state index >= 15 is 0 Å². The van der Waals surface area contributed by atoms with E-state index < -0.39 is 0 Å². The van der Waals surface area contributed by atoms with Crippen molar-refractivity contribution in [1.82, 2.24) is 9.78 Å². The molecule has 4 nitrogen and oxygen atoms in total. The predicted octanol–water partition coefficient (Wildman–Crippen LogP) is 2.71. The van der Waals surface area contributed by atoms with E-state index in [-0.39, 0.29) is 5.78 Å². The zero-order valence-corrected chi connectivity index (χ0v) is 12.0. The topological polar surface area (TPSA) is 44.1 Å². The van der Waals surface area contributed by atoms with Crippen molar-refractivity contribution < 1.29 is 9.53 Å². The van der Waals surface area contributed by atoms with Gasteiger partial charge in [-0.1, -0.05) is 23.9 Å². The van der Waals surface area contributed by atoms with Crippen LogP contribution >= 0.6 is 11.8 Å². The number of Topliss-reactive ketones (excluding diaryl/α,β-unsaturated/α-hetero) is 1. The Hall–Kier alpha value is -1.75. The Morgan fingerprint density at radius 1 is 1.42 bits per heavy atom. The summed E-state index contributed by atoms with van der Waals surface area (Å²) in [5.41, 5.74) is 1.63. The van der Waals surface area contributed by atoms with E-state index in [1.165, 1.54) is 11.8 Å². The number of rotatable bonds is 5. The zero-order valence-electron chi connectivity index (χ0n) is 11.2. The number of carbonyl (C=O) groups excluding carboxylic acids is 1. The van der Waals surface area contributed by atoms with Gasteiger partial charge in [0, 0.05) is 12.6 Å². The first kappa shape index (κ1) is 13.7. The molecule has 100 valence electrons. The second kappa shape index (κ2) is 5.93. The molecule has 2 aromatic rings. The first-order valence-electron chi connectivity index (χ1n) is 5.91. The van der Waals surface area contributed by atoms with E-state index in [0.29, 0.717) is 17.1 Å². The number of thioether (sulfide) groups is 1. The van der Waals surface area contributed by atoms with Crippen molar-refractivity contribution in [3.8, 4) is 5.75 Å². The Morgan fingerprint density at radius 2 is 2.21 bits per heavy atom. The Bertz CT molecular complexity index is 593. The summed E-state index contributed by atoms with van der Waals surface area (Å²) in [6, 6.07) is 9.19. The van der Waals surface area contributed by atoms with Crippen LogP contribution in [0.3, 0.4) is 0 Å². The van der Waals surface area contributed by atoms with E-state index in [0.717, 1.165) is 10.7 Å². The minimum absolute atomic E-state index is 0.0859. The van der Waals surface area contributed by atoms with Gasteiger partial charge in [-0.05, 0) is 25.1 Å². The average molecular weight is 276 g/mol. The quantitative estimate of drug-likeness (QED) is 0.622. The highest BCUT2D eigenvalue weighted by Crippen LogP contribution is 2.21. The lowest BCUT2D eigenvalue weighted by Crippen LogP contribution is -2.03. The van der Waals surface area contributed by atoms with Gasteiger partial charge in [-0.15, -0.1) is 0 Å². The van der Waals surface area contributed by atoms with Crippen LogP contribution in [0.5, 0.6) is 5.75 Å². The molecule has 0 aliphatic carbocycles. The molecular formula is C14H16N2O2S. The minimum atomic E-state index is 0.0859. The summed E-state index contributed by atoms with van der Waals surface area (Å²) in [6.45, 7) is 1.94. The molecule has 0 N–H and O–H groups in total. The van der Waals surface area contributed by atoms with Crippen LogP contribution in [-0.4, -0.2) is 28.4 Å². The van der Waals surface area contributed by atoms with E-state index in [1.807, 2.05) is 32.2 Å². The number of aryl methyl sites for hydroxylation is 2. The highest BCUT2D eigenvalue weighted by Gasteiger charge is 2.10. The molecule has 0 spiro atoms. The van der Waals surface area contributed by atoms with Gasteiger partial charge in [-0.3, -0.25) is 9.48 Å². The zero-order chi connectivity index (χ0) is 13.8. The maximum absolute atomic E-state index is 12.1. The van der Waals surface area contributed by atoms with Crippen LogP contribution < -0.4 is 4.74 Å². The van der Waals surface area contributed by atoms with Gasteiger partial charge in [-0.2, -0.15) is 5.10 Å². The van der Waals surface area contributed by atoms with Gasteiger partial charge >= 0.3 is 0 Å². The molecule has 0 fully saturated rings. The third-order valence-corrected chi connectivity index (χ3v) is 3.79. The second-order valence-corrected chi connectivity index (χ2v) is 5.19. The number of nitrogens with zero attached hydrogens (tertiary/aromatic N) is 2. The van der Waals surface area contributed by atoms with Gasteiger partial charge in [0.2, 0.25) is 0 Å². The van der Waals surface area contributed by atoms with E-state index in [2.05, 4.69) is 5.10 Å². The summed E-state index contributed by atoms with van der Waals surface area (Å²) in [5.74, 6) is 1.18. The molecule has 0 unspecified atom stereocenters. The Balaban J connectivity index is 2.03. The lowest BCUT2D eigenvalue weighted by atomic mass is 10.1. The normalized spacial score (nSPS) is 10.5. The van der Waals surface area contributed by atoms with Crippen molar-refractivity contribution in [2.24, 2.45) is 7.05 Å². The van der Waals surface area contributed by atoms with Crippen LogP contribution in [0.15, 0.2) is 35.4 Å². The first-order chi connectivity index (χ1) is 9.10. The van der Waals surface area contributed by atoms with Gasteiger partial charge in [0.15, 0.2) is 5.78 Å². The fraction of sp³-hybridized carbons (Fsp3) is 0.286. The Morgan fingerprint density at radius 3 is 2.84 bits per heavy atom. The van der Waals surface area contributed by atoms with Gasteiger partial charge in [-0.25, -0.2) is 0 Å². The number of methoxy groups -OCH3 is 1. The molecule has 0 radical (unpaired) electrons. The highest BCUT2D eigenvalue weighted by atomic mass is 32.2. The van der Waals surface area contributed by atoms with Gasteiger partial charge in [0.05, 0.1) is 23.6 Å². The molecule has 0 aliphatic rings. The van der Waals surface area contributed by atoms with Crippen LogP contribution in [-0.2, 0) is 7.05 Å². The van der Waals surface area contributed by atoms with Crippen molar-refractivity contribution in [2.45, 2.75) is 11.9 Å². The summed E-state index contributed by atoms with van der Waals surface area (Å²) in [4.78, 5) is 12.1. The monoisotopic (exact) mass is 276 g/mol. The maximum atomic E-state index is 12.1. The fourth-order valence-corrected chi connectivity index (χ4v) is 2.67. The molecule has 0 bridgehead atoms. The first-order valence-corrected chi connectivity index (χ1v) is 6.89. The highest BCUT2D eigenvalue weighted by molar-refractivity contribution is 7.99. The summed E-state index contributed by atoms with van der Waals surface area (Å²) in [6.07, 6.45) is 0. The van der Waals surface area contributed by atoms with Gasteiger partial charge in [0.1, 0.15) is 5.75 Å². The fourth-order valence-electron chi connectivity index (χ4n) is 1.74. The van der Waals surface area contributed by atoms with Crippen LogP contribution in [0.2, 0.25) is 0 Å². The number of hydrogen-bond acceptors (Lipinski definition) is 4. The van der Waals surface area contributed by atoms with E-state index in [1.54, 1.807) is 23.9 Å². The standard InChI is InChI=1S/C14H16N2O2S/c1-10-7-14(16(2)15-10)19-9-13(17)11-5-4-6-12(8-11)18-3/h4-8H,9H2,1-3H3. The molecule has 1 aromatic heterocycles. The molecule has 19 heavy (non-hydrogen) atoms. The van der Waals surface area contributed by atoms with Crippen LogP contribution in [0.1, 0.15) is 16.1 Å². The SMILES string of the molecule is COc1cccc(C(=O)CSc2cc(C)nn2C)c1. The van der Waals surface area contributed by atoms with Crippen molar-refractivity contribution in [1.29, 1.82) is 0 Å². The number of hydrogen-bond donors (Lipinski definition) is 0.